The third kappa shape index (κ3) is 3.13. The van der Waals surface area contributed by atoms with Crippen molar-refractivity contribution in [2.24, 2.45) is 0 Å². The molecular formula is C17H21FN4O2. The number of halogens is 1. The highest BCUT2D eigenvalue weighted by molar-refractivity contribution is 5.16. The molecule has 24 heavy (non-hydrogen) atoms. The summed E-state index contributed by atoms with van der Waals surface area (Å²) in [6.45, 7) is 1.65. The second-order valence-corrected chi connectivity index (χ2v) is 6.68. The van der Waals surface area contributed by atoms with Gasteiger partial charge in [0.25, 0.3) is 5.89 Å². The van der Waals surface area contributed by atoms with Gasteiger partial charge in [-0.3, -0.25) is 4.90 Å². The molecule has 1 aliphatic heterocycles. The minimum Gasteiger partial charge on any atom is -0.481 e. The molecule has 0 bridgehead atoms. The zero-order valence-corrected chi connectivity index (χ0v) is 13.7. The van der Waals surface area contributed by atoms with Crippen LogP contribution < -0.4 is 4.74 Å². The molecule has 6 nitrogen and oxygen atoms in total. The first-order valence-electron chi connectivity index (χ1n) is 8.41. The Morgan fingerprint density at radius 2 is 2.25 bits per heavy atom. The van der Waals surface area contributed by atoms with E-state index in [0.29, 0.717) is 30.6 Å². The van der Waals surface area contributed by atoms with E-state index < -0.39 is 5.67 Å². The van der Waals surface area contributed by atoms with Crippen molar-refractivity contribution in [3.05, 3.63) is 35.6 Å². The maximum atomic E-state index is 15.4. The molecule has 0 aromatic carbocycles. The number of methoxy groups -OCH3 is 1. The van der Waals surface area contributed by atoms with E-state index in [1.807, 2.05) is 17.0 Å². The summed E-state index contributed by atoms with van der Waals surface area (Å²) in [5, 5.41) is 3.96. The van der Waals surface area contributed by atoms with Crippen molar-refractivity contribution in [3.8, 4) is 5.88 Å². The summed E-state index contributed by atoms with van der Waals surface area (Å²) in [5.41, 5.74) is -0.708. The minimum atomic E-state index is -1.57. The van der Waals surface area contributed by atoms with Crippen molar-refractivity contribution in [1.29, 1.82) is 0 Å². The van der Waals surface area contributed by atoms with Gasteiger partial charge in [0.2, 0.25) is 11.5 Å². The monoisotopic (exact) mass is 332 g/mol. The van der Waals surface area contributed by atoms with E-state index in [1.165, 1.54) is 0 Å². The zero-order valence-electron chi connectivity index (χ0n) is 13.7. The van der Waals surface area contributed by atoms with E-state index >= 15 is 4.39 Å². The maximum absolute atomic E-state index is 15.4. The Morgan fingerprint density at radius 1 is 1.38 bits per heavy atom. The van der Waals surface area contributed by atoms with Gasteiger partial charge in [0, 0.05) is 25.1 Å². The summed E-state index contributed by atoms with van der Waals surface area (Å²) in [6.07, 6.45) is 3.32. The number of nitrogens with zero attached hydrogens (tertiary/aromatic N) is 4. The van der Waals surface area contributed by atoms with Crippen LogP contribution in [0.4, 0.5) is 4.39 Å². The fraction of sp³-hybridized carbons (Fsp3) is 0.588. The van der Waals surface area contributed by atoms with E-state index in [0.717, 1.165) is 31.5 Å². The molecule has 3 heterocycles. The number of likely N-dealkylation sites (tertiary alicyclic amines) is 1. The molecule has 0 spiro atoms. The molecule has 2 aromatic heterocycles. The second-order valence-electron chi connectivity index (χ2n) is 6.68. The van der Waals surface area contributed by atoms with Crippen molar-refractivity contribution < 1.29 is 13.7 Å². The molecule has 2 aliphatic rings. The molecule has 1 aliphatic carbocycles. The van der Waals surface area contributed by atoms with Crippen LogP contribution in [-0.4, -0.2) is 40.2 Å². The topological polar surface area (TPSA) is 64.3 Å². The van der Waals surface area contributed by atoms with Gasteiger partial charge in [-0.1, -0.05) is 11.2 Å². The molecule has 1 saturated heterocycles. The lowest BCUT2D eigenvalue weighted by Crippen LogP contribution is -2.43. The molecule has 1 atom stereocenters. The van der Waals surface area contributed by atoms with E-state index in [-0.39, 0.29) is 12.4 Å². The van der Waals surface area contributed by atoms with Crippen LogP contribution in [0.2, 0.25) is 0 Å². The summed E-state index contributed by atoms with van der Waals surface area (Å²) < 4.78 is 25.8. The van der Waals surface area contributed by atoms with Gasteiger partial charge in [-0.25, -0.2) is 9.37 Å². The van der Waals surface area contributed by atoms with Crippen LogP contribution in [0.3, 0.4) is 0 Å². The molecule has 0 amide bonds. The highest BCUT2D eigenvalue weighted by Crippen LogP contribution is 2.41. The minimum absolute atomic E-state index is 0.132. The highest BCUT2D eigenvalue weighted by Gasteiger charge is 2.43. The first kappa shape index (κ1) is 15.5. The van der Waals surface area contributed by atoms with Crippen LogP contribution in [0.15, 0.2) is 22.7 Å². The Hall–Kier alpha value is -2.02. The Bertz CT molecular complexity index is 718. The Morgan fingerprint density at radius 3 is 3.04 bits per heavy atom. The number of hydrogen-bond acceptors (Lipinski definition) is 6. The van der Waals surface area contributed by atoms with E-state index in [4.69, 9.17) is 9.26 Å². The molecule has 128 valence electrons. The molecule has 7 heteroatoms. The van der Waals surface area contributed by atoms with Gasteiger partial charge in [-0.05, 0) is 38.3 Å². The molecule has 2 fully saturated rings. The van der Waals surface area contributed by atoms with E-state index in [2.05, 4.69) is 15.1 Å². The third-order valence-corrected chi connectivity index (χ3v) is 4.67. The fourth-order valence-electron chi connectivity index (χ4n) is 3.22. The first-order chi connectivity index (χ1) is 11.7. The Kier molecular flexibility index (Phi) is 3.96. The maximum Gasteiger partial charge on any atom is 0.265 e. The van der Waals surface area contributed by atoms with Crippen molar-refractivity contribution in [1.82, 2.24) is 20.0 Å². The van der Waals surface area contributed by atoms with Crippen LogP contribution in [-0.2, 0) is 12.2 Å². The second kappa shape index (κ2) is 6.12. The lowest BCUT2D eigenvalue weighted by atomic mass is 9.94. The first-order valence-corrected chi connectivity index (χ1v) is 8.41. The van der Waals surface area contributed by atoms with Gasteiger partial charge in [-0.15, -0.1) is 0 Å². The number of pyridine rings is 1. The Labute approximate surface area is 140 Å². The smallest absolute Gasteiger partial charge is 0.265 e. The summed E-state index contributed by atoms with van der Waals surface area (Å²) >= 11 is 0. The van der Waals surface area contributed by atoms with Crippen LogP contribution in [0.1, 0.15) is 49.0 Å². The fourth-order valence-corrected chi connectivity index (χ4v) is 3.22. The normalized spacial score (nSPS) is 24.9. The number of ether oxygens (including phenoxy) is 1. The summed E-state index contributed by atoms with van der Waals surface area (Å²) in [6, 6.07) is 5.62. The largest absolute Gasteiger partial charge is 0.481 e. The number of alkyl halides is 1. The predicted octanol–water partition coefficient (Wildman–Crippen LogP) is 2.81. The van der Waals surface area contributed by atoms with Gasteiger partial charge in [0.15, 0.2) is 5.82 Å². The van der Waals surface area contributed by atoms with Gasteiger partial charge in [0.1, 0.15) is 0 Å². The van der Waals surface area contributed by atoms with Crippen LogP contribution in [0.5, 0.6) is 5.88 Å². The lowest BCUT2D eigenvalue weighted by molar-refractivity contribution is 0.0119. The van der Waals surface area contributed by atoms with Gasteiger partial charge in [-0.2, -0.15) is 4.98 Å². The molecule has 4 rings (SSSR count). The number of piperidine rings is 1. The standard InChI is InChI=1S/C17H21FN4O2/c1-23-14-5-2-4-13(19-14)10-22-9-3-8-17(18,11-22)16-20-15(21-24-16)12-6-7-12/h2,4-5,12H,3,6-11H2,1H3. The average Bonchev–Trinajstić information content (AvgIpc) is 3.31. The quantitative estimate of drug-likeness (QED) is 0.839. The SMILES string of the molecule is COc1cccc(CN2CCCC(F)(c3nc(C4CC4)no3)C2)n1. The molecule has 1 saturated carbocycles. The van der Waals surface area contributed by atoms with Crippen LogP contribution >= 0.6 is 0 Å². The molecule has 0 radical (unpaired) electrons. The van der Waals surface area contributed by atoms with Crippen molar-refractivity contribution in [3.63, 3.8) is 0 Å². The molecule has 1 unspecified atom stereocenters. The van der Waals surface area contributed by atoms with Crippen molar-refractivity contribution in [2.75, 3.05) is 20.2 Å². The summed E-state index contributed by atoms with van der Waals surface area (Å²) in [7, 11) is 1.59. The van der Waals surface area contributed by atoms with E-state index in [1.54, 1.807) is 13.2 Å². The van der Waals surface area contributed by atoms with Crippen LogP contribution in [0, 0.1) is 0 Å². The summed E-state index contributed by atoms with van der Waals surface area (Å²) in [4.78, 5) is 10.8. The van der Waals surface area contributed by atoms with Crippen LogP contribution in [0.25, 0.3) is 0 Å². The van der Waals surface area contributed by atoms with E-state index in [9.17, 15) is 0 Å². The molecule has 0 N–H and O–H groups in total. The van der Waals surface area contributed by atoms with Gasteiger partial charge < -0.3 is 9.26 Å². The number of rotatable bonds is 5. The number of hydrogen-bond donors (Lipinski definition) is 0. The molecule has 2 aromatic rings. The zero-order chi connectivity index (χ0) is 16.6. The predicted molar refractivity (Wildman–Crippen MR) is 84.4 cm³/mol. The highest BCUT2D eigenvalue weighted by atomic mass is 19.1. The van der Waals surface area contributed by atoms with Crippen molar-refractivity contribution >= 4 is 0 Å². The molecular weight excluding hydrogens is 311 g/mol. The van der Waals surface area contributed by atoms with Gasteiger partial charge in [0.05, 0.1) is 12.8 Å². The Balaban J connectivity index is 1.47. The van der Waals surface area contributed by atoms with Gasteiger partial charge >= 0.3 is 0 Å². The summed E-state index contributed by atoms with van der Waals surface area (Å²) in [5.74, 6) is 1.73. The van der Waals surface area contributed by atoms with Crippen molar-refractivity contribution in [2.45, 2.75) is 43.8 Å². The lowest BCUT2D eigenvalue weighted by Gasteiger charge is -2.34. The third-order valence-electron chi connectivity index (χ3n) is 4.67. The average molecular weight is 332 g/mol. The number of aromatic nitrogens is 3.